The fourth-order valence-electron chi connectivity index (χ4n) is 2.76. The van der Waals surface area contributed by atoms with Gasteiger partial charge in [0.1, 0.15) is 5.82 Å². The molecule has 1 heterocycles. The molecule has 106 valence electrons. The Labute approximate surface area is 116 Å². The Morgan fingerprint density at radius 3 is 2.84 bits per heavy atom. The molecular formula is C16H25FN2. The second-order valence-corrected chi connectivity index (χ2v) is 5.85. The highest BCUT2D eigenvalue weighted by Crippen LogP contribution is 2.25. The van der Waals surface area contributed by atoms with Crippen LogP contribution in [0.2, 0.25) is 0 Å². The molecule has 1 fully saturated rings. The summed E-state index contributed by atoms with van der Waals surface area (Å²) in [6.45, 7) is 9.62. The van der Waals surface area contributed by atoms with Gasteiger partial charge in [-0.2, -0.15) is 0 Å². The first-order chi connectivity index (χ1) is 9.07. The predicted octanol–water partition coefficient (Wildman–Crippen LogP) is 3.18. The Morgan fingerprint density at radius 2 is 2.21 bits per heavy atom. The second-order valence-electron chi connectivity index (χ2n) is 5.85. The first-order valence-electron chi connectivity index (χ1n) is 7.30. The quantitative estimate of drug-likeness (QED) is 0.898. The smallest absolute Gasteiger partial charge is 0.123 e. The van der Waals surface area contributed by atoms with E-state index in [1.165, 1.54) is 6.07 Å². The SMILES string of the molecule is CCC1CN(Cc2cccc(F)c2)C(C)(CC)CN1. The lowest BCUT2D eigenvalue weighted by Crippen LogP contribution is -2.62. The molecule has 0 spiro atoms. The third-order valence-electron chi connectivity index (χ3n) is 4.49. The monoisotopic (exact) mass is 264 g/mol. The van der Waals surface area contributed by atoms with Crippen LogP contribution >= 0.6 is 0 Å². The summed E-state index contributed by atoms with van der Waals surface area (Å²) in [6.07, 6.45) is 2.24. The first kappa shape index (κ1) is 14.5. The lowest BCUT2D eigenvalue weighted by atomic mass is 9.91. The zero-order valence-electron chi connectivity index (χ0n) is 12.2. The van der Waals surface area contributed by atoms with Crippen LogP contribution in [0.15, 0.2) is 24.3 Å². The Morgan fingerprint density at radius 1 is 1.42 bits per heavy atom. The number of hydrogen-bond acceptors (Lipinski definition) is 2. The van der Waals surface area contributed by atoms with E-state index >= 15 is 0 Å². The molecule has 1 aromatic rings. The summed E-state index contributed by atoms with van der Waals surface area (Å²) in [5.41, 5.74) is 1.23. The summed E-state index contributed by atoms with van der Waals surface area (Å²) < 4.78 is 13.3. The van der Waals surface area contributed by atoms with Crippen molar-refractivity contribution in [3.8, 4) is 0 Å². The Hall–Kier alpha value is -0.930. The maximum Gasteiger partial charge on any atom is 0.123 e. The molecule has 1 saturated heterocycles. The van der Waals surface area contributed by atoms with E-state index in [0.29, 0.717) is 6.04 Å². The van der Waals surface area contributed by atoms with E-state index in [-0.39, 0.29) is 11.4 Å². The molecule has 19 heavy (non-hydrogen) atoms. The molecule has 0 aliphatic carbocycles. The maximum atomic E-state index is 13.3. The lowest BCUT2D eigenvalue weighted by molar-refractivity contribution is 0.0407. The van der Waals surface area contributed by atoms with Gasteiger partial charge < -0.3 is 5.32 Å². The van der Waals surface area contributed by atoms with Crippen molar-refractivity contribution in [2.45, 2.75) is 51.7 Å². The zero-order chi connectivity index (χ0) is 13.9. The molecule has 2 nitrogen and oxygen atoms in total. The molecule has 1 aromatic carbocycles. The van der Waals surface area contributed by atoms with E-state index in [1.54, 1.807) is 12.1 Å². The molecule has 2 atom stereocenters. The molecular weight excluding hydrogens is 239 g/mol. The first-order valence-corrected chi connectivity index (χ1v) is 7.30. The summed E-state index contributed by atoms with van der Waals surface area (Å²) in [4.78, 5) is 2.51. The molecule has 1 aliphatic rings. The van der Waals surface area contributed by atoms with Crippen molar-refractivity contribution < 1.29 is 4.39 Å². The number of benzene rings is 1. The van der Waals surface area contributed by atoms with E-state index < -0.39 is 0 Å². The molecule has 0 aromatic heterocycles. The molecule has 3 heteroatoms. The molecule has 0 saturated carbocycles. The topological polar surface area (TPSA) is 15.3 Å². The fourth-order valence-corrected chi connectivity index (χ4v) is 2.76. The average molecular weight is 264 g/mol. The van der Waals surface area contributed by atoms with Crippen LogP contribution in [0.5, 0.6) is 0 Å². The second kappa shape index (κ2) is 6.02. The fraction of sp³-hybridized carbons (Fsp3) is 0.625. The molecule has 1 N–H and O–H groups in total. The largest absolute Gasteiger partial charge is 0.311 e. The van der Waals surface area contributed by atoms with Gasteiger partial charge in [-0.05, 0) is 37.5 Å². The highest BCUT2D eigenvalue weighted by molar-refractivity contribution is 5.17. The predicted molar refractivity (Wildman–Crippen MR) is 77.6 cm³/mol. The van der Waals surface area contributed by atoms with Crippen molar-refractivity contribution in [2.75, 3.05) is 13.1 Å². The van der Waals surface area contributed by atoms with Gasteiger partial charge in [0.15, 0.2) is 0 Å². The summed E-state index contributed by atoms with van der Waals surface area (Å²) in [5.74, 6) is -0.141. The van der Waals surface area contributed by atoms with Crippen LogP contribution in [-0.4, -0.2) is 29.6 Å². The molecule has 2 rings (SSSR count). The van der Waals surface area contributed by atoms with Crippen LogP contribution in [0.3, 0.4) is 0 Å². The number of nitrogens with one attached hydrogen (secondary N) is 1. The van der Waals surface area contributed by atoms with Crippen LogP contribution in [-0.2, 0) is 6.54 Å². The molecule has 0 bridgehead atoms. The minimum Gasteiger partial charge on any atom is -0.311 e. The van der Waals surface area contributed by atoms with Crippen LogP contribution in [0, 0.1) is 5.82 Å². The van der Waals surface area contributed by atoms with E-state index in [2.05, 4.69) is 31.0 Å². The highest BCUT2D eigenvalue weighted by atomic mass is 19.1. The van der Waals surface area contributed by atoms with Crippen LogP contribution < -0.4 is 5.32 Å². The molecule has 0 radical (unpaired) electrons. The standard InChI is InChI=1S/C16H25FN2/c1-4-15-11-19(16(3,5-2)12-18-15)10-13-7-6-8-14(17)9-13/h6-9,15,18H,4-5,10-12H2,1-3H3. The number of nitrogens with zero attached hydrogens (tertiary/aromatic N) is 1. The van der Waals surface area contributed by atoms with E-state index in [4.69, 9.17) is 0 Å². The van der Waals surface area contributed by atoms with Gasteiger partial charge in [-0.25, -0.2) is 4.39 Å². The van der Waals surface area contributed by atoms with Gasteiger partial charge in [0, 0.05) is 31.2 Å². The average Bonchev–Trinajstić information content (AvgIpc) is 2.41. The number of halogens is 1. The summed E-state index contributed by atoms with van der Waals surface area (Å²) >= 11 is 0. The van der Waals surface area contributed by atoms with Crippen LogP contribution in [0.1, 0.15) is 39.2 Å². The minimum absolute atomic E-state index is 0.141. The van der Waals surface area contributed by atoms with Crippen molar-refractivity contribution in [2.24, 2.45) is 0 Å². The number of hydrogen-bond donors (Lipinski definition) is 1. The third-order valence-corrected chi connectivity index (χ3v) is 4.49. The van der Waals surface area contributed by atoms with Gasteiger partial charge in [-0.1, -0.05) is 26.0 Å². The minimum atomic E-state index is -0.141. The highest BCUT2D eigenvalue weighted by Gasteiger charge is 2.35. The van der Waals surface area contributed by atoms with Crippen molar-refractivity contribution in [3.05, 3.63) is 35.6 Å². The Bertz CT molecular complexity index is 421. The molecule has 0 amide bonds. The number of rotatable bonds is 4. The third kappa shape index (κ3) is 3.34. The van der Waals surface area contributed by atoms with Gasteiger partial charge in [0.05, 0.1) is 0 Å². The maximum absolute atomic E-state index is 13.3. The zero-order valence-corrected chi connectivity index (χ0v) is 12.2. The van der Waals surface area contributed by atoms with Crippen molar-refractivity contribution in [1.82, 2.24) is 10.2 Å². The Kier molecular flexibility index (Phi) is 4.58. The number of piperazine rings is 1. The van der Waals surface area contributed by atoms with Crippen molar-refractivity contribution in [1.29, 1.82) is 0 Å². The van der Waals surface area contributed by atoms with Gasteiger partial charge >= 0.3 is 0 Å². The van der Waals surface area contributed by atoms with Crippen LogP contribution in [0.25, 0.3) is 0 Å². The van der Waals surface area contributed by atoms with E-state index in [0.717, 1.165) is 38.0 Å². The molecule has 1 aliphatic heterocycles. The van der Waals surface area contributed by atoms with Gasteiger partial charge in [0.2, 0.25) is 0 Å². The van der Waals surface area contributed by atoms with Gasteiger partial charge in [-0.15, -0.1) is 0 Å². The van der Waals surface area contributed by atoms with Crippen LogP contribution in [0.4, 0.5) is 4.39 Å². The molecule has 2 unspecified atom stereocenters. The van der Waals surface area contributed by atoms with Crippen molar-refractivity contribution in [3.63, 3.8) is 0 Å². The van der Waals surface area contributed by atoms with Gasteiger partial charge in [-0.3, -0.25) is 4.90 Å². The van der Waals surface area contributed by atoms with E-state index in [9.17, 15) is 4.39 Å². The van der Waals surface area contributed by atoms with Crippen molar-refractivity contribution >= 4 is 0 Å². The summed E-state index contributed by atoms with van der Waals surface area (Å²) in [7, 11) is 0. The van der Waals surface area contributed by atoms with E-state index in [1.807, 2.05) is 6.07 Å². The summed E-state index contributed by atoms with van der Waals surface area (Å²) in [6, 6.07) is 7.53. The Balaban J connectivity index is 2.14. The summed E-state index contributed by atoms with van der Waals surface area (Å²) in [5, 5.41) is 3.62. The normalized spacial score (nSPS) is 28.5. The lowest BCUT2D eigenvalue weighted by Gasteiger charge is -2.48. The van der Waals surface area contributed by atoms with Gasteiger partial charge in [0.25, 0.3) is 0 Å².